The van der Waals surface area contributed by atoms with Gasteiger partial charge in [0.05, 0.1) is 11.8 Å². The Bertz CT molecular complexity index is 716. The summed E-state index contributed by atoms with van der Waals surface area (Å²) in [7, 11) is 0. The van der Waals surface area contributed by atoms with Crippen LogP contribution in [0.25, 0.3) is 0 Å². The van der Waals surface area contributed by atoms with Gasteiger partial charge >= 0.3 is 12.1 Å². The minimum absolute atomic E-state index is 0.321. The van der Waals surface area contributed by atoms with Crippen LogP contribution in [0, 0.1) is 0 Å². The molecule has 0 aromatic heterocycles. The van der Waals surface area contributed by atoms with Crippen molar-refractivity contribution in [3.63, 3.8) is 0 Å². The van der Waals surface area contributed by atoms with Crippen LogP contribution in [0.4, 0.5) is 4.79 Å². The SMILES string of the molecule is CCC1(OC(=O)O)CSCCN1C(=O)[C@H](C)NC(CCc1ccccc1)C(=O)O. The van der Waals surface area contributed by atoms with Crippen molar-refractivity contribution in [3.8, 4) is 0 Å². The van der Waals surface area contributed by atoms with Crippen LogP contribution in [0.1, 0.15) is 32.3 Å². The van der Waals surface area contributed by atoms with Gasteiger partial charge < -0.3 is 19.8 Å². The maximum atomic E-state index is 13.1. The van der Waals surface area contributed by atoms with Crippen LogP contribution in [-0.4, -0.2) is 69.0 Å². The average Bonchev–Trinajstić information content (AvgIpc) is 2.70. The number of carbonyl (C=O) groups excluding carboxylic acids is 1. The molecule has 0 bridgehead atoms. The van der Waals surface area contributed by atoms with Crippen LogP contribution < -0.4 is 5.32 Å². The molecule has 1 aliphatic rings. The minimum atomic E-state index is -1.43. The molecule has 3 atom stereocenters. The van der Waals surface area contributed by atoms with Crippen molar-refractivity contribution in [2.75, 3.05) is 18.1 Å². The molecule has 160 valence electrons. The molecule has 0 saturated carbocycles. The fourth-order valence-electron chi connectivity index (χ4n) is 3.43. The van der Waals surface area contributed by atoms with Crippen LogP contribution in [0.15, 0.2) is 30.3 Å². The van der Waals surface area contributed by atoms with E-state index in [1.165, 1.54) is 16.7 Å². The van der Waals surface area contributed by atoms with E-state index in [0.29, 0.717) is 37.3 Å². The van der Waals surface area contributed by atoms with Crippen molar-refractivity contribution in [1.29, 1.82) is 0 Å². The van der Waals surface area contributed by atoms with Gasteiger partial charge in [0.25, 0.3) is 0 Å². The zero-order valence-electron chi connectivity index (χ0n) is 16.7. The maximum absolute atomic E-state index is 13.1. The topological polar surface area (TPSA) is 116 Å². The first kappa shape index (κ1) is 23.0. The summed E-state index contributed by atoms with van der Waals surface area (Å²) in [6.07, 6.45) is -0.218. The Morgan fingerprint density at radius 3 is 2.55 bits per heavy atom. The van der Waals surface area contributed by atoms with E-state index in [4.69, 9.17) is 9.84 Å². The number of nitrogens with one attached hydrogen (secondary N) is 1. The molecule has 29 heavy (non-hydrogen) atoms. The summed E-state index contributed by atoms with van der Waals surface area (Å²) in [4.78, 5) is 37.4. The van der Waals surface area contributed by atoms with Gasteiger partial charge in [0, 0.05) is 18.7 Å². The van der Waals surface area contributed by atoms with Gasteiger partial charge in [-0.25, -0.2) is 4.79 Å². The monoisotopic (exact) mass is 424 g/mol. The molecule has 1 fully saturated rings. The van der Waals surface area contributed by atoms with Gasteiger partial charge in [-0.2, -0.15) is 11.8 Å². The minimum Gasteiger partial charge on any atom is -0.480 e. The molecule has 0 radical (unpaired) electrons. The smallest absolute Gasteiger partial charge is 0.480 e. The molecule has 8 nitrogen and oxygen atoms in total. The maximum Gasteiger partial charge on any atom is 0.507 e. The highest BCUT2D eigenvalue weighted by atomic mass is 32.2. The third-order valence-electron chi connectivity index (χ3n) is 5.06. The lowest BCUT2D eigenvalue weighted by Gasteiger charge is -2.45. The van der Waals surface area contributed by atoms with Crippen molar-refractivity contribution < 1.29 is 29.3 Å². The van der Waals surface area contributed by atoms with Gasteiger partial charge in [0.1, 0.15) is 6.04 Å². The second-order valence-corrected chi connectivity index (χ2v) is 8.12. The molecular formula is C20H28N2O6S. The first-order chi connectivity index (χ1) is 13.8. The van der Waals surface area contributed by atoms with E-state index in [1.54, 1.807) is 13.8 Å². The molecule has 2 rings (SSSR count). The summed E-state index contributed by atoms with van der Waals surface area (Å²) in [6, 6.07) is 7.85. The lowest BCUT2D eigenvalue weighted by Crippen LogP contribution is -2.63. The summed E-state index contributed by atoms with van der Waals surface area (Å²) in [5, 5.41) is 21.6. The fourth-order valence-corrected chi connectivity index (χ4v) is 4.63. The summed E-state index contributed by atoms with van der Waals surface area (Å²) < 4.78 is 5.13. The summed E-state index contributed by atoms with van der Waals surface area (Å²) in [5.74, 6) is -0.373. The van der Waals surface area contributed by atoms with Crippen LogP contribution in [0.5, 0.6) is 0 Å². The van der Waals surface area contributed by atoms with Gasteiger partial charge in [-0.3, -0.25) is 14.9 Å². The third-order valence-corrected chi connectivity index (χ3v) is 6.19. The number of benzene rings is 1. The van der Waals surface area contributed by atoms with Crippen LogP contribution >= 0.6 is 11.8 Å². The lowest BCUT2D eigenvalue weighted by atomic mass is 10.0. The number of carboxylic acids is 1. The quantitative estimate of drug-likeness (QED) is 0.518. The van der Waals surface area contributed by atoms with Gasteiger partial charge in [-0.15, -0.1) is 0 Å². The third kappa shape index (κ3) is 6.11. The van der Waals surface area contributed by atoms with E-state index in [9.17, 15) is 19.5 Å². The zero-order valence-corrected chi connectivity index (χ0v) is 17.5. The largest absolute Gasteiger partial charge is 0.507 e. The number of ether oxygens (including phenoxy) is 1. The summed E-state index contributed by atoms with van der Waals surface area (Å²) >= 11 is 1.53. The summed E-state index contributed by atoms with van der Waals surface area (Å²) in [6.45, 7) is 3.72. The molecule has 9 heteroatoms. The van der Waals surface area contributed by atoms with E-state index in [-0.39, 0.29) is 5.91 Å². The molecule has 0 aliphatic carbocycles. The number of nitrogens with zero attached hydrogens (tertiary/aromatic N) is 1. The van der Waals surface area contributed by atoms with Gasteiger partial charge in [0.2, 0.25) is 11.6 Å². The molecule has 1 aliphatic heterocycles. The Balaban J connectivity index is 2.07. The molecule has 0 spiro atoms. The second kappa shape index (κ2) is 10.5. The molecule has 1 aromatic rings. The highest BCUT2D eigenvalue weighted by Crippen LogP contribution is 2.32. The fraction of sp³-hybridized carbons (Fsp3) is 0.550. The Kier molecular flexibility index (Phi) is 8.33. The number of thioether (sulfide) groups is 1. The normalized spacial score (nSPS) is 21.2. The van der Waals surface area contributed by atoms with Crippen LogP contribution in [-0.2, 0) is 20.7 Å². The molecule has 1 aromatic carbocycles. The predicted molar refractivity (Wildman–Crippen MR) is 110 cm³/mol. The van der Waals surface area contributed by atoms with Crippen molar-refractivity contribution in [2.45, 2.75) is 50.9 Å². The van der Waals surface area contributed by atoms with Crippen molar-refractivity contribution in [1.82, 2.24) is 10.2 Å². The van der Waals surface area contributed by atoms with E-state index < -0.39 is 29.9 Å². The number of carboxylic acid groups (broad SMARTS) is 2. The van der Waals surface area contributed by atoms with Gasteiger partial charge in [-0.1, -0.05) is 37.3 Å². The number of carbonyl (C=O) groups is 3. The van der Waals surface area contributed by atoms with Crippen molar-refractivity contribution >= 4 is 29.8 Å². The second-order valence-electron chi connectivity index (χ2n) is 7.01. The van der Waals surface area contributed by atoms with Crippen molar-refractivity contribution in [3.05, 3.63) is 35.9 Å². The first-order valence-corrected chi connectivity index (χ1v) is 10.8. The highest BCUT2D eigenvalue weighted by molar-refractivity contribution is 7.99. The standard InChI is InChI=1S/C20H28N2O6S/c1-3-20(28-19(26)27)13-29-12-11-22(20)17(23)14(2)21-16(18(24)25)10-9-15-7-5-4-6-8-15/h4-8,14,16,21H,3,9-13H2,1-2H3,(H,24,25)(H,26,27)/t14-,16?,20?/m0/s1. The number of hydrogen-bond donors (Lipinski definition) is 3. The van der Waals surface area contributed by atoms with Gasteiger partial charge in [-0.05, 0) is 25.3 Å². The number of aryl methyl sites for hydroxylation is 1. The molecule has 1 amide bonds. The van der Waals surface area contributed by atoms with Crippen LogP contribution in [0.3, 0.4) is 0 Å². The van der Waals surface area contributed by atoms with Crippen LogP contribution in [0.2, 0.25) is 0 Å². The van der Waals surface area contributed by atoms with E-state index in [1.807, 2.05) is 30.3 Å². The Labute approximate surface area is 174 Å². The molecule has 2 unspecified atom stereocenters. The molecular weight excluding hydrogens is 396 g/mol. The number of hydrogen-bond acceptors (Lipinski definition) is 6. The number of aliphatic carboxylic acids is 1. The lowest BCUT2D eigenvalue weighted by molar-refractivity contribution is -0.161. The van der Waals surface area contributed by atoms with Crippen molar-refractivity contribution in [2.24, 2.45) is 0 Å². The number of amides is 1. The Hall–Kier alpha value is -2.26. The number of rotatable bonds is 9. The van der Waals surface area contributed by atoms with E-state index >= 15 is 0 Å². The molecule has 1 heterocycles. The predicted octanol–water partition coefficient (Wildman–Crippen LogP) is 2.43. The average molecular weight is 425 g/mol. The van der Waals surface area contributed by atoms with E-state index in [2.05, 4.69) is 5.32 Å². The highest BCUT2D eigenvalue weighted by Gasteiger charge is 2.45. The Morgan fingerprint density at radius 2 is 1.97 bits per heavy atom. The molecule has 3 N–H and O–H groups in total. The first-order valence-electron chi connectivity index (χ1n) is 9.63. The summed E-state index contributed by atoms with van der Waals surface area (Å²) in [5.41, 5.74) is -0.211. The Morgan fingerprint density at radius 1 is 1.28 bits per heavy atom. The molecule has 1 saturated heterocycles. The van der Waals surface area contributed by atoms with Gasteiger partial charge in [0.15, 0.2) is 0 Å². The zero-order chi connectivity index (χ0) is 21.4. The van der Waals surface area contributed by atoms with E-state index in [0.717, 1.165) is 5.56 Å².